The summed E-state index contributed by atoms with van der Waals surface area (Å²) < 4.78 is 16.2. The van der Waals surface area contributed by atoms with E-state index in [2.05, 4.69) is 16.5 Å². The minimum Gasteiger partial charge on any atom is -0.387 e. The summed E-state index contributed by atoms with van der Waals surface area (Å²) in [6, 6.07) is 11.4. The summed E-state index contributed by atoms with van der Waals surface area (Å²) in [5.41, 5.74) is 10.8. The number of nitrogens with two attached hydrogens (primary N) is 1. The van der Waals surface area contributed by atoms with Crippen LogP contribution in [-0.2, 0) is 13.0 Å². The zero-order valence-electron chi connectivity index (χ0n) is 17.6. The van der Waals surface area contributed by atoms with Gasteiger partial charge in [0.05, 0.1) is 12.4 Å². The first kappa shape index (κ1) is 20.4. The van der Waals surface area contributed by atoms with E-state index >= 15 is 0 Å². The fourth-order valence-electron chi connectivity index (χ4n) is 5.19. The molecule has 164 valence electrons. The van der Waals surface area contributed by atoms with E-state index in [1.165, 1.54) is 12.1 Å². The molecule has 4 N–H and O–H groups in total. The molecule has 0 fully saturated rings. The Kier molecular flexibility index (Phi) is 4.63. The molecular weight excluding hydrogens is 411 g/mol. The van der Waals surface area contributed by atoms with Crippen molar-refractivity contribution in [1.82, 2.24) is 10.0 Å². The van der Waals surface area contributed by atoms with Crippen molar-refractivity contribution in [3.05, 3.63) is 70.7 Å². The number of nitrogens with zero attached hydrogens (tertiary/aromatic N) is 2. The zero-order valence-corrected chi connectivity index (χ0v) is 17.6. The molecule has 0 radical (unpaired) electrons. The van der Waals surface area contributed by atoms with Crippen LogP contribution in [0.3, 0.4) is 0 Å². The standard InChI is InChI=1S/C24H23FN4O3/c1-24-9-19-21(22(30)17(24)11-27-20(26)10-24)16-8-15(25)6-7-18(16)29(19)12-13-2-4-14(5-3-13)23(31)28-32/h2-8,17,32H,9-12H2,1H3,(H2,26,27)(H,28,31). The Morgan fingerprint density at radius 3 is 2.75 bits per heavy atom. The summed E-state index contributed by atoms with van der Waals surface area (Å²) in [5, 5.41) is 9.43. The maximum absolute atomic E-state index is 14.2. The molecule has 2 atom stereocenters. The van der Waals surface area contributed by atoms with E-state index < -0.39 is 5.91 Å². The number of rotatable bonds is 3. The summed E-state index contributed by atoms with van der Waals surface area (Å²) in [6.45, 7) is 2.89. The van der Waals surface area contributed by atoms with Crippen LogP contribution in [0.1, 0.15) is 45.3 Å². The Morgan fingerprint density at radius 1 is 1.28 bits per heavy atom. The van der Waals surface area contributed by atoms with Gasteiger partial charge in [0.2, 0.25) is 0 Å². The number of carbonyl (C=O) groups is 2. The van der Waals surface area contributed by atoms with E-state index in [9.17, 15) is 14.0 Å². The van der Waals surface area contributed by atoms with Gasteiger partial charge < -0.3 is 10.3 Å². The summed E-state index contributed by atoms with van der Waals surface area (Å²) in [4.78, 5) is 29.5. The molecule has 1 aromatic heterocycles. The molecule has 0 saturated heterocycles. The number of nitrogens with one attached hydrogen (secondary N) is 1. The predicted molar refractivity (Wildman–Crippen MR) is 117 cm³/mol. The fourth-order valence-corrected chi connectivity index (χ4v) is 5.19. The molecule has 7 nitrogen and oxygen atoms in total. The molecule has 2 unspecified atom stereocenters. The van der Waals surface area contributed by atoms with Crippen LogP contribution >= 0.6 is 0 Å². The number of hydrogen-bond donors (Lipinski definition) is 3. The second-order valence-corrected chi connectivity index (χ2v) is 8.96. The lowest BCUT2D eigenvalue weighted by Gasteiger charge is -2.42. The molecule has 2 aromatic carbocycles. The maximum atomic E-state index is 14.2. The van der Waals surface area contributed by atoms with E-state index in [1.54, 1.807) is 35.8 Å². The van der Waals surface area contributed by atoms with Gasteiger partial charge in [0.25, 0.3) is 5.91 Å². The van der Waals surface area contributed by atoms with Crippen LogP contribution in [0.25, 0.3) is 10.9 Å². The van der Waals surface area contributed by atoms with Crippen molar-refractivity contribution >= 4 is 28.4 Å². The summed E-state index contributed by atoms with van der Waals surface area (Å²) in [7, 11) is 0. The maximum Gasteiger partial charge on any atom is 0.274 e. The third-order valence-electron chi connectivity index (χ3n) is 6.83. The Morgan fingerprint density at radius 2 is 2.03 bits per heavy atom. The van der Waals surface area contributed by atoms with Crippen molar-refractivity contribution in [1.29, 1.82) is 0 Å². The van der Waals surface area contributed by atoms with Crippen LogP contribution in [0.4, 0.5) is 4.39 Å². The monoisotopic (exact) mass is 434 g/mol. The SMILES string of the molecule is CC12CC(N)=NCC1C(=O)c1c(n(Cc3ccc(C(=O)NO)cc3)c3ccc(F)cc13)C2. The zero-order chi connectivity index (χ0) is 22.6. The van der Waals surface area contributed by atoms with Gasteiger partial charge in [-0.15, -0.1) is 0 Å². The van der Waals surface area contributed by atoms with Gasteiger partial charge in [-0.2, -0.15) is 0 Å². The van der Waals surface area contributed by atoms with Gasteiger partial charge >= 0.3 is 0 Å². The predicted octanol–water partition coefficient (Wildman–Crippen LogP) is 3.07. The number of hydrogen-bond acceptors (Lipinski definition) is 5. The van der Waals surface area contributed by atoms with E-state index in [0.717, 1.165) is 16.8 Å². The number of carbonyl (C=O) groups excluding carboxylic acids is 2. The molecule has 32 heavy (non-hydrogen) atoms. The lowest BCUT2D eigenvalue weighted by molar-refractivity contribution is 0.0705. The van der Waals surface area contributed by atoms with Gasteiger partial charge in [-0.3, -0.25) is 19.8 Å². The van der Waals surface area contributed by atoms with Gasteiger partial charge in [-0.05, 0) is 47.7 Å². The highest BCUT2D eigenvalue weighted by molar-refractivity contribution is 6.12. The Hall–Kier alpha value is -3.52. The Balaban J connectivity index is 1.63. The van der Waals surface area contributed by atoms with Gasteiger partial charge in [0.15, 0.2) is 5.78 Å². The van der Waals surface area contributed by atoms with Gasteiger partial charge in [-0.1, -0.05) is 19.1 Å². The molecule has 1 amide bonds. The van der Waals surface area contributed by atoms with Crippen molar-refractivity contribution in [2.45, 2.75) is 26.3 Å². The van der Waals surface area contributed by atoms with Crippen LogP contribution in [0.2, 0.25) is 0 Å². The number of fused-ring (bicyclic) bond motifs is 4. The normalized spacial score (nSPS) is 22.3. The van der Waals surface area contributed by atoms with Crippen molar-refractivity contribution in [2.24, 2.45) is 22.1 Å². The molecule has 1 aliphatic heterocycles. The fraction of sp³-hybridized carbons (Fsp3) is 0.292. The van der Waals surface area contributed by atoms with Gasteiger partial charge in [-0.25, -0.2) is 9.87 Å². The first-order valence-electron chi connectivity index (χ1n) is 10.5. The second kappa shape index (κ2) is 7.27. The van der Waals surface area contributed by atoms with Gasteiger partial charge in [0, 0.05) is 46.6 Å². The minimum atomic E-state index is -0.586. The summed E-state index contributed by atoms with van der Waals surface area (Å²) >= 11 is 0. The number of aliphatic imine (C=N–C) groups is 1. The lowest BCUT2D eigenvalue weighted by atomic mass is 9.63. The molecule has 0 spiro atoms. The van der Waals surface area contributed by atoms with Crippen LogP contribution in [-0.4, -0.2) is 33.8 Å². The van der Waals surface area contributed by atoms with E-state index in [-0.39, 0.29) is 22.9 Å². The van der Waals surface area contributed by atoms with Crippen LogP contribution in [0.15, 0.2) is 47.5 Å². The molecular formula is C24H23FN4O3. The Bertz CT molecular complexity index is 1290. The average molecular weight is 434 g/mol. The van der Waals surface area contributed by atoms with Crippen molar-refractivity contribution in [2.75, 3.05) is 6.54 Å². The number of amidine groups is 1. The largest absolute Gasteiger partial charge is 0.387 e. The van der Waals surface area contributed by atoms with Gasteiger partial charge in [0.1, 0.15) is 5.82 Å². The number of ketones is 1. The van der Waals surface area contributed by atoms with Crippen molar-refractivity contribution in [3.63, 3.8) is 0 Å². The lowest BCUT2D eigenvalue weighted by Crippen LogP contribution is -2.47. The van der Waals surface area contributed by atoms with Crippen molar-refractivity contribution in [3.8, 4) is 0 Å². The van der Waals surface area contributed by atoms with Crippen LogP contribution in [0, 0.1) is 17.2 Å². The molecule has 1 aliphatic carbocycles. The first-order chi connectivity index (χ1) is 15.3. The minimum absolute atomic E-state index is 0.00526. The summed E-state index contributed by atoms with van der Waals surface area (Å²) in [6.07, 6.45) is 1.18. The summed E-state index contributed by atoms with van der Waals surface area (Å²) in [5.74, 6) is -0.692. The van der Waals surface area contributed by atoms with E-state index in [4.69, 9.17) is 10.9 Å². The number of amides is 1. The average Bonchev–Trinajstić information content (AvgIpc) is 3.05. The molecule has 2 heterocycles. The molecule has 2 aliphatic rings. The highest BCUT2D eigenvalue weighted by Gasteiger charge is 2.48. The topological polar surface area (TPSA) is 110 Å². The quantitative estimate of drug-likeness (QED) is 0.435. The van der Waals surface area contributed by atoms with E-state index in [1.807, 2.05) is 0 Å². The van der Waals surface area contributed by atoms with Crippen LogP contribution < -0.4 is 11.2 Å². The highest BCUT2D eigenvalue weighted by Crippen LogP contribution is 2.47. The highest BCUT2D eigenvalue weighted by atomic mass is 19.1. The smallest absolute Gasteiger partial charge is 0.274 e. The first-order valence-corrected chi connectivity index (χ1v) is 10.5. The number of Topliss-reactive ketones (excluding diaryl/α,β-unsaturated/α-hetero) is 1. The van der Waals surface area contributed by atoms with Crippen LogP contribution in [0.5, 0.6) is 0 Å². The number of halogens is 1. The second-order valence-electron chi connectivity index (χ2n) is 8.96. The third-order valence-corrected chi connectivity index (χ3v) is 6.83. The number of benzene rings is 2. The molecule has 0 saturated carbocycles. The Labute approximate surface area is 183 Å². The van der Waals surface area contributed by atoms with E-state index in [0.29, 0.717) is 48.3 Å². The number of hydroxylamine groups is 1. The third kappa shape index (κ3) is 3.10. The molecule has 5 rings (SSSR count). The molecule has 8 heteroatoms. The number of aromatic nitrogens is 1. The molecule has 3 aromatic rings. The van der Waals surface area contributed by atoms with Crippen molar-refractivity contribution < 1.29 is 19.2 Å². The molecule has 0 bridgehead atoms.